The molecular weight excluding hydrogens is 210 g/mol. The van der Waals surface area contributed by atoms with Gasteiger partial charge in [0.2, 0.25) is 6.79 Å². The van der Waals surface area contributed by atoms with Gasteiger partial charge >= 0.3 is 5.97 Å². The average molecular weight is 223 g/mol. The molecule has 5 heteroatoms. The Morgan fingerprint density at radius 3 is 2.94 bits per heavy atom. The second-order valence-corrected chi connectivity index (χ2v) is 3.46. The zero-order chi connectivity index (χ0) is 11.5. The first-order valence-electron chi connectivity index (χ1n) is 4.94. The van der Waals surface area contributed by atoms with Gasteiger partial charge in [-0.2, -0.15) is 0 Å². The summed E-state index contributed by atoms with van der Waals surface area (Å²) in [5, 5.41) is 3.01. The van der Waals surface area contributed by atoms with Gasteiger partial charge in [-0.3, -0.25) is 0 Å². The molecule has 0 unspecified atom stereocenters. The van der Waals surface area contributed by atoms with Crippen LogP contribution in [0.5, 0.6) is 11.5 Å². The molecule has 0 aliphatic carbocycles. The summed E-state index contributed by atoms with van der Waals surface area (Å²) < 4.78 is 15.0. The Morgan fingerprint density at radius 2 is 2.19 bits per heavy atom. The van der Waals surface area contributed by atoms with Gasteiger partial charge in [0.05, 0.1) is 7.11 Å². The number of carbonyl (C=O) groups is 1. The second-order valence-electron chi connectivity index (χ2n) is 3.46. The maximum absolute atomic E-state index is 11.2. The van der Waals surface area contributed by atoms with E-state index in [2.05, 4.69) is 10.1 Å². The van der Waals surface area contributed by atoms with Gasteiger partial charge in [-0.05, 0) is 19.1 Å². The van der Waals surface area contributed by atoms with Crippen LogP contribution in [-0.4, -0.2) is 25.9 Å². The van der Waals surface area contributed by atoms with E-state index in [9.17, 15) is 4.79 Å². The maximum Gasteiger partial charge on any atom is 0.327 e. The highest BCUT2D eigenvalue weighted by Gasteiger charge is 2.16. The van der Waals surface area contributed by atoms with Crippen molar-refractivity contribution in [3.63, 3.8) is 0 Å². The second kappa shape index (κ2) is 4.30. The van der Waals surface area contributed by atoms with Gasteiger partial charge in [-0.25, -0.2) is 4.79 Å². The molecular formula is C11H13NO4. The molecule has 1 aliphatic heterocycles. The molecule has 0 saturated heterocycles. The molecule has 0 fully saturated rings. The van der Waals surface area contributed by atoms with Crippen molar-refractivity contribution < 1.29 is 19.0 Å². The van der Waals surface area contributed by atoms with Gasteiger partial charge in [-0.1, -0.05) is 0 Å². The minimum Gasteiger partial charge on any atom is -0.467 e. The lowest BCUT2D eigenvalue weighted by Gasteiger charge is -2.12. The summed E-state index contributed by atoms with van der Waals surface area (Å²) in [6.07, 6.45) is 0. The first-order valence-corrected chi connectivity index (χ1v) is 4.94. The molecule has 16 heavy (non-hydrogen) atoms. The SMILES string of the molecule is COC(=O)[C@H](C)Nc1ccc2c(c1)OCO2. The van der Waals surface area contributed by atoms with Crippen molar-refractivity contribution in [3.8, 4) is 11.5 Å². The zero-order valence-corrected chi connectivity index (χ0v) is 9.15. The summed E-state index contributed by atoms with van der Waals surface area (Å²) in [6, 6.07) is 5.02. The van der Waals surface area contributed by atoms with Crippen LogP contribution in [0.15, 0.2) is 18.2 Å². The van der Waals surface area contributed by atoms with E-state index in [1.165, 1.54) is 7.11 Å². The summed E-state index contributed by atoms with van der Waals surface area (Å²) in [5.41, 5.74) is 0.794. The number of benzene rings is 1. The number of nitrogens with one attached hydrogen (secondary N) is 1. The molecule has 0 radical (unpaired) electrons. The Balaban J connectivity index is 2.08. The van der Waals surface area contributed by atoms with Gasteiger partial charge in [-0.15, -0.1) is 0 Å². The predicted molar refractivity (Wildman–Crippen MR) is 57.7 cm³/mol. The number of anilines is 1. The van der Waals surface area contributed by atoms with Crippen LogP contribution in [0.4, 0.5) is 5.69 Å². The fourth-order valence-electron chi connectivity index (χ4n) is 1.47. The molecule has 1 aromatic carbocycles. The lowest BCUT2D eigenvalue weighted by Crippen LogP contribution is -2.27. The van der Waals surface area contributed by atoms with Crippen LogP contribution in [0.25, 0.3) is 0 Å². The fourth-order valence-corrected chi connectivity index (χ4v) is 1.47. The molecule has 0 spiro atoms. The van der Waals surface area contributed by atoms with Crippen molar-refractivity contribution in [2.75, 3.05) is 19.2 Å². The number of ether oxygens (including phenoxy) is 3. The molecule has 0 aromatic heterocycles. The van der Waals surface area contributed by atoms with Crippen LogP contribution in [0.2, 0.25) is 0 Å². The number of hydrogen-bond donors (Lipinski definition) is 1. The number of methoxy groups -OCH3 is 1. The van der Waals surface area contributed by atoms with Gasteiger partial charge in [0.25, 0.3) is 0 Å². The minimum atomic E-state index is -0.398. The van der Waals surface area contributed by atoms with Crippen LogP contribution in [-0.2, 0) is 9.53 Å². The van der Waals surface area contributed by atoms with Crippen LogP contribution >= 0.6 is 0 Å². The number of hydrogen-bond acceptors (Lipinski definition) is 5. The van der Waals surface area contributed by atoms with Crippen molar-refractivity contribution in [1.29, 1.82) is 0 Å². The third-order valence-electron chi connectivity index (χ3n) is 2.31. The Labute approximate surface area is 93.3 Å². The summed E-state index contributed by atoms with van der Waals surface area (Å²) in [4.78, 5) is 11.2. The number of esters is 1. The number of fused-ring (bicyclic) bond motifs is 1. The topological polar surface area (TPSA) is 56.8 Å². The van der Waals surface area contributed by atoms with E-state index >= 15 is 0 Å². The van der Waals surface area contributed by atoms with Crippen molar-refractivity contribution >= 4 is 11.7 Å². The van der Waals surface area contributed by atoms with Crippen molar-refractivity contribution in [2.45, 2.75) is 13.0 Å². The Kier molecular flexibility index (Phi) is 2.85. The molecule has 1 aromatic rings. The highest BCUT2D eigenvalue weighted by atomic mass is 16.7. The lowest BCUT2D eigenvalue weighted by atomic mass is 10.2. The molecule has 1 N–H and O–H groups in total. The number of carbonyl (C=O) groups excluding carboxylic acids is 1. The lowest BCUT2D eigenvalue weighted by molar-refractivity contribution is -0.141. The number of rotatable bonds is 3. The fraction of sp³-hybridized carbons (Fsp3) is 0.364. The van der Waals surface area contributed by atoms with Crippen molar-refractivity contribution in [2.24, 2.45) is 0 Å². The Hall–Kier alpha value is -1.91. The third kappa shape index (κ3) is 2.03. The molecule has 0 bridgehead atoms. The highest BCUT2D eigenvalue weighted by Crippen LogP contribution is 2.34. The molecule has 2 rings (SSSR count). The van der Waals surface area contributed by atoms with E-state index in [-0.39, 0.29) is 12.8 Å². The summed E-state index contributed by atoms with van der Waals surface area (Å²) in [5.74, 6) is 1.09. The molecule has 1 heterocycles. The zero-order valence-electron chi connectivity index (χ0n) is 9.15. The first kappa shape index (κ1) is 10.6. The van der Waals surface area contributed by atoms with Crippen LogP contribution in [0, 0.1) is 0 Å². The summed E-state index contributed by atoms with van der Waals surface area (Å²) in [7, 11) is 1.36. The Morgan fingerprint density at radius 1 is 1.44 bits per heavy atom. The van der Waals surface area contributed by atoms with Crippen molar-refractivity contribution in [3.05, 3.63) is 18.2 Å². The predicted octanol–water partition coefficient (Wildman–Crippen LogP) is 1.39. The molecule has 86 valence electrons. The van der Waals surface area contributed by atoms with E-state index in [1.807, 2.05) is 6.07 Å². The van der Waals surface area contributed by atoms with Gasteiger partial charge in [0.15, 0.2) is 11.5 Å². The van der Waals surface area contributed by atoms with E-state index < -0.39 is 6.04 Å². The van der Waals surface area contributed by atoms with Gasteiger partial charge in [0, 0.05) is 11.8 Å². The van der Waals surface area contributed by atoms with E-state index in [0.717, 1.165) is 11.4 Å². The average Bonchev–Trinajstić information content (AvgIpc) is 2.75. The standard InChI is InChI=1S/C11H13NO4/c1-7(11(13)14-2)12-8-3-4-9-10(5-8)16-6-15-9/h3-5,7,12H,6H2,1-2H3/t7-/m0/s1. The normalized spacial score (nSPS) is 14.4. The first-order chi connectivity index (χ1) is 7.70. The minimum absolute atomic E-state index is 0.241. The van der Waals surface area contributed by atoms with E-state index in [4.69, 9.17) is 9.47 Å². The van der Waals surface area contributed by atoms with Crippen molar-refractivity contribution in [1.82, 2.24) is 0 Å². The highest BCUT2D eigenvalue weighted by molar-refractivity contribution is 5.78. The van der Waals surface area contributed by atoms with Crippen LogP contribution in [0.3, 0.4) is 0 Å². The summed E-state index contributed by atoms with van der Waals surface area (Å²) >= 11 is 0. The monoisotopic (exact) mass is 223 g/mol. The van der Waals surface area contributed by atoms with Crippen LogP contribution < -0.4 is 14.8 Å². The molecule has 1 aliphatic rings. The molecule has 0 saturated carbocycles. The molecule has 5 nitrogen and oxygen atoms in total. The van der Waals surface area contributed by atoms with Gasteiger partial charge < -0.3 is 19.5 Å². The van der Waals surface area contributed by atoms with E-state index in [1.54, 1.807) is 19.1 Å². The molecule has 0 amide bonds. The smallest absolute Gasteiger partial charge is 0.327 e. The molecule has 1 atom stereocenters. The summed E-state index contributed by atoms with van der Waals surface area (Å²) in [6.45, 7) is 1.97. The third-order valence-corrected chi connectivity index (χ3v) is 2.31. The Bertz CT molecular complexity index is 405. The van der Waals surface area contributed by atoms with E-state index in [0.29, 0.717) is 5.75 Å². The van der Waals surface area contributed by atoms with Gasteiger partial charge in [0.1, 0.15) is 6.04 Å². The van der Waals surface area contributed by atoms with Crippen LogP contribution in [0.1, 0.15) is 6.92 Å². The maximum atomic E-state index is 11.2. The largest absolute Gasteiger partial charge is 0.467 e. The quantitative estimate of drug-likeness (QED) is 0.785.